The highest BCUT2D eigenvalue weighted by atomic mass is 16.5. The van der Waals surface area contributed by atoms with Gasteiger partial charge in [-0.25, -0.2) is 0 Å². The van der Waals surface area contributed by atoms with Crippen LogP contribution in [-0.2, 0) is 16.0 Å². The Morgan fingerprint density at radius 1 is 0.853 bits per heavy atom. The van der Waals surface area contributed by atoms with Crippen LogP contribution in [0.5, 0.6) is 0 Å². The van der Waals surface area contributed by atoms with Gasteiger partial charge in [0.2, 0.25) is 5.91 Å². The quantitative estimate of drug-likeness (QED) is 0.466. The minimum absolute atomic E-state index is 0.0424. The lowest BCUT2D eigenvalue weighted by Crippen LogP contribution is -2.36. The van der Waals surface area contributed by atoms with E-state index in [0.717, 1.165) is 49.8 Å². The number of hydrogen-bond donors (Lipinski definition) is 3. The minimum Gasteiger partial charge on any atom is -0.378 e. The smallest absolute Gasteiger partial charge is 0.257 e. The Bertz CT molecular complexity index is 1110. The summed E-state index contributed by atoms with van der Waals surface area (Å²) in [6, 6.07) is 22.7. The van der Waals surface area contributed by atoms with Crippen molar-refractivity contribution in [3.8, 4) is 0 Å². The average molecular weight is 459 g/mol. The molecule has 3 aromatic rings. The molecular formula is C27H30N4O3. The molecule has 34 heavy (non-hydrogen) atoms. The fourth-order valence-electron chi connectivity index (χ4n) is 3.82. The van der Waals surface area contributed by atoms with E-state index in [1.807, 2.05) is 54.6 Å². The van der Waals surface area contributed by atoms with Crippen molar-refractivity contribution in [2.45, 2.75) is 13.3 Å². The third-order valence-electron chi connectivity index (χ3n) is 5.76. The first-order chi connectivity index (χ1) is 16.6. The zero-order valence-electron chi connectivity index (χ0n) is 19.3. The van der Waals surface area contributed by atoms with Crippen LogP contribution in [0.3, 0.4) is 0 Å². The van der Waals surface area contributed by atoms with E-state index in [1.165, 1.54) is 5.56 Å². The van der Waals surface area contributed by atoms with Crippen molar-refractivity contribution >= 4 is 34.6 Å². The van der Waals surface area contributed by atoms with Crippen molar-refractivity contribution in [2.75, 3.05) is 53.7 Å². The third kappa shape index (κ3) is 6.14. The van der Waals surface area contributed by atoms with Crippen LogP contribution in [0.1, 0.15) is 22.8 Å². The number of rotatable bonds is 8. The van der Waals surface area contributed by atoms with Crippen molar-refractivity contribution in [1.29, 1.82) is 0 Å². The number of para-hydroxylation sites is 1. The largest absolute Gasteiger partial charge is 0.378 e. The van der Waals surface area contributed by atoms with Gasteiger partial charge in [0.05, 0.1) is 25.3 Å². The van der Waals surface area contributed by atoms with Crippen molar-refractivity contribution < 1.29 is 14.3 Å². The van der Waals surface area contributed by atoms with E-state index in [4.69, 9.17) is 4.74 Å². The van der Waals surface area contributed by atoms with Gasteiger partial charge in [0, 0.05) is 35.8 Å². The molecule has 1 aliphatic heterocycles. The lowest BCUT2D eigenvalue weighted by atomic mass is 10.1. The van der Waals surface area contributed by atoms with Gasteiger partial charge >= 0.3 is 0 Å². The molecule has 0 bridgehead atoms. The number of morpholine rings is 1. The van der Waals surface area contributed by atoms with E-state index >= 15 is 0 Å². The number of nitrogens with zero attached hydrogens (tertiary/aromatic N) is 1. The molecule has 1 aliphatic rings. The van der Waals surface area contributed by atoms with Crippen LogP contribution >= 0.6 is 0 Å². The van der Waals surface area contributed by atoms with Crippen LogP contribution < -0.4 is 20.9 Å². The molecule has 3 aromatic carbocycles. The number of benzene rings is 3. The molecule has 176 valence electrons. The number of anilines is 4. The van der Waals surface area contributed by atoms with Gasteiger partial charge in [-0.1, -0.05) is 31.2 Å². The second-order valence-electron chi connectivity index (χ2n) is 8.10. The van der Waals surface area contributed by atoms with Crippen LogP contribution in [0.4, 0.5) is 22.7 Å². The predicted molar refractivity (Wildman–Crippen MR) is 137 cm³/mol. The Hall–Kier alpha value is -3.84. The summed E-state index contributed by atoms with van der Waals surface area (Å²) in [5, 5.41) is 8.90. The molecule has 0 aromatic heterocycles. The second-order valence-corrected chi connectivity index (χ2v) is 8.10. The molecule has 0 saturated carbocycles. The molecular weight excluding hydrogens is 428 g/mol. The molecule has 0 spiro atoms. The summed E-state index contributed by atoms with van der Waals surface area (Å²) in [4.78, 5) is 27.6. The summed E-state index contributed by atoms with van der Waals surface area (Å²) in [6.07, 6.45) is 0.945. The molecule has 7 heteroatoms. The highest BCUT2D eigenvalue weighted by Gasteiger charge is 2.13. The predicted octanol–water partition coefficient (Wildman–Crippen LogP) is 4.39. The molecule has 7 nitrogen and oxygen atoms in total. The fraction of sp³-hybridized carbons (Fsp3) is 0.259. The van der Waals surface area contributed by atoms with E-state index in [0.29, 0.717) is 11.3 Å². The number of nitrogens with one attached hydrogen (secondary N) is 3. The first kappa shape index (κ1) is 23.3. The average Bonchev–Trinajstić information content (AvgIpc) is 2.89. The number of aryl methyl sites for hydroxylation is 1. The Labute approximate surface area is 200 Å². The van der Waals surface area contributed by atoms with E-state index in [1.54, 1.807) is 18.2 Å². The number of carbonyl (C=O) groups is 2. The molecule has 0 unspecified atom stereocenters. The molecule has 0 aliphatic carbocycles. The molecule has 0 radical (unpaired) electrons. The Morgan fingerprint density at radius 3 is 2.21 bits per heavy atom. The summed E-state index contributed by atoms with van der Waals surface area (Å²) in [5.41, 5.74) is 4.86. The number of ether oxygens (including phenoxy) is 1. The van der Waals surface area contributed by atoms with Gasteiger partial charge in [0.1, 0.15) is 0 Å². The molecule has 2 amide bonds. The summed E-state index contributed by atoms with van der Waals surface area (Å²) in [5.74, 6) is -0.420. The standard InChI is InChI=1S/C27H30N4O3/c1-2-20-7-9-22(10-8-20)30-27(33)24-5-3-4-6-25(24)28-19-26(32)29-21-11-13-23(14-12-21)31-15-17-34-18-16-31/h3-14,28H,2,15-19H2,1H3,(H,29,32)(H,30,33). The van der Waals surface area contributed by atoms with E-state index in [2.05, 4.69) is 27.8 Å². The first-order valence-corrected chi connectivity index (χ1v) is 11.6. The topological polar surface area (TPSA) is 82.7 Å². The maximum absolute atomic E-state index is 12.8. The number of carbonyl (C=O) groups excluding carboxylic acids is 2. The second kappa shape index (κ2) is 11.3. The Morgan fingerprint density at radius 2 is 1.50 bits per heavy atom. The van der Waals surface area contributed by atoms with Crippen LogP contribution in [0.2, 0.25) is 0 Å². The minimum atomic E-state index is -0.230. The van der Waals surface area contributed by atoms with Crippen LogP contribution in [0.15, 0.2) is 72.8 Å². The van der Waals surface area contributed by atoms with Gasteiger partial charge in [-0.2, -0.15) is 0 Å². The molecule has 3 N–H and O–H groups in total. The van der Waals surface area contributed by atoms with Gasteiger partial charge in [-0.15, -0.1) is 0 Å². The summed E-state index contributed by atoms with van der Waals surface area (Å²) in [7, 11) is 0. The maximum atomic E-state index is 12.8. The van der Waals surface area contributed by atoms with Crippen molar-refractivity contribution in [3.63, 3.8) is 0 Å². The molecule has 4 rings (SSSR count). The van der Waals surface area contributed by atoms with Crippen molar-refractivity contribution in [3.05, 3.63) is 83.9 Å². The van der Waals surface area contributed by atoms with Gasteiger partial charge in [-0.05, 0) is 60.5 Å². The van der Waals surface area contributed by atoms with Crippen molar-refractivity contribution in [2.24, 2.45) is 0 Å². The lowest BCUT2D eigenvalue weighted by molar-refractivity contribution is -0.114. The first-order valence-electron chi connectivity index (χ1n) is 11.6. The zero-order chi connectivity index (χ0) is 23.8. The monoisotopic (exact) mass is 458 g/mol. The van der Waals surface area contributed by atoms with Crippen LogP contribution in [0, 0.1) is 0 Å². The molecule has 0 atom stereocenters. The van der Waals surface area contributed by atoms with Gasteiger partial charge in [0.15, 0.2) is 0 Å². The SMILES string of the molecule is CCc1ccc(NC(=O)c2ccccc2NCC(=O)Nc2ccc(N3CCOCC3)cc2)cc1. The normalized spacial score (nSPS) is 13.3. The lowest BCUT2D eigenvalue weighted by Gasteiger charge is -2.28. The van der Waals surface area contributed by atoms with E-state index < -0.39 is 0 Å². The Balaban J connectivity index is 1.32. The van der Waals surface area contributed by atoms with Gasteiger partial charge in [-0.3, -0.25) is 9.59 Å². The maximum Gasteiger partial charge on any atom is 0.257 e. The molecule has 1 fully saturated rings. The number of amides is 2. The molecule has 1 saturated heterocycles. The van der Waals surface area contributed by atoms with Gasteiger partial charge in [0.25, 0.3) is 5.91 Å². The van der Waals surface area contributed by atoms with E-state index in [9.17, 15) is 9.59 Å². The van der Waals surface area contributed by atoms with Crippen molar-refractivity contribution in [1.82, 2.24) is 0 Å². The summed E-state index contributed by atoms with van der Waals surface area (Å²) >= 11 is 0. The highest BCUT2D eigenvalue weighted by Crippen LogP contribution is 2.20. The summed E-state index contributed by atoms with van der Waals surface area (Å²) < 4.78 is 5.39. The van der Waals surface area contributed by atoms with E-state index in [-0.39, 0.29) is 18.4 Å². The highest BCUT2D eigenvalue weighted by molar-refractivity contribution is 6.08. The van der Waals surface area contributed by atoms with Crippen LogP contribution in [-0.4, -0.2) is 44.7 Å². The zero-order valence-corrected chi connectivity index (χ0v) is 19.3. The molecule has 1 heterocycles. The number of hydrogen-bond acceptors (Lipinski definition) is 5. The third-order valence-corrected chi connectivity index (χ3v) is 5.76. The fourth-order valence-corrected chi connectivity index (χ4v) is 3.82. The van der Waals surface area contributed by atoms with Gasteiger partial charge < -0.3 is 25.6 Å². The Kier molecular flexibility index (Phi) is 7.78. The van der Waals surface area contributed by atoms with Crippen LogP contribution in [0.25, 0.3) is 0 Å². The summed E-state index contributed by atoms with van der Waals surface area (Å²) in [6.45, 7) is 5.33.